The molecule has 1 saturated carbocycles. The van der Waals surface area contributed by atoms with Gasteiger partial charge in [-0.1, -0.05) is 43.2 Å². The van der Waals surface area contributed by atoms with Gasteiger partial charge in [-0.15, -0.1) is 0 Å². The Morgan fingerprint density at radius 3 is 2.59 bits per heavy atom. The molecule has 3 rings (SSSR count). The lowest BCUT2D eigenvalue weighted by molar-refractivity contribution is -0.137. The van der Waals surface area contributed by atoms with Gasteiger partial charge in [0.1, 0.15) is 6.61 Å². The lowest BCUT2D eigenvalue weighted by atomic mass is 9.89. The highest BCUT2D eigenvalue weighted by Gasteiger charge is 2.35. The summed E-state index contributed by atoms with van der Waals surface area (Å²) in [5.41, 5.74) is 7.21. The second-order valence-corrected chi connectivity index (χ2v) is 6.53. The van der Waals surface area contributed by atoms with Crippen LogP contribution < -0.4 is 5.73 Å². The number of rotatable bonds is 5. The highest BCUT2D eigenvalue weighted by molar-refractivity contribution is 5.78. The Morgan fingerprint density at radius 1 is 1.18 bits per heavy atom. The number of hydrogen-bond donors (Lipinski definition) is 1. The molecule has 2 N–H and O–H groups in total. The fourth-order valence-corrected chi connectivity index (χ4v) is 3.73. The zero-order chi connectivity index (χ0) is 15.4. The van der Waals surface area contributed by atoms with E-state index in [2.05, 4.69) is 24.3 Å². The highest BCUT2D eigenvalue weighted by Crippen LogP contribution is 2.32. The number of likely N-dealkylation sites (tertiary alicyclic amines) is 1. The van der Waals surface area contributed by atoms with Crippen molar-refractivity contribution in [3.8, 4) is 0 Å². The number of amides is 1. The first-order chi connectivity index (χ1) is 10.8. The SMILES string of the molecule is NC[C@@H]1CN(C(=O)COC2CCCC2)C[C@H]1c1ccccc1. The van der Waals surface area contributed by atoms with E-state index in [-0.39, 0.29) is 12.5 Å². The molecule has 0 aromatic heterocycles. The van der Waals surface area contributed by atoms with Gasteiger partial charge < -0.3 is 15.4 Å². The lowest BCUT2D eigenvalue weighted by Crippen LogP contribution is -2.34. The standard InChI is InChI=1S/C18H26N2O2/c19-10-15-11-20(12-17(15)14-6-2-1-3-7-14)18(21)13-22-16-8-4-5-9-16/h1-3,6-7,15-17H,4-5,8-13,19H2/t15-,17+/m1/s1. The molecule has 2 fully saturated rings. The molecule has 0 radical (unpaired) electrons. The van der Waals surface area contributed by atoms with E-state index in [9.17, 15) is 4.79 Å². The molecule has 0 bridgehead atoms. The van der Waals surface area contributed by atoms with Crippen molar-refractivity contribution >= 4 is 5.91 Å². The Kier molecular flexibility index (Phi) is 5.11. The normalized spacial score (nSPS) is 25.8. The van der Waals surface area contributed by atoms with E-state index in [0.29, 0.717) is 24.5 Å². The first kappa shape index (κ1) is 15.5. The summed E-state index contributed by atoms with van der Waals surface area (Å²) in [5.74, 6) is 0.809. The fourth-order valence-electron chi connectivity index (χ4n) is 3.73. The van der Waals surface area contributed by atoms with Crippen molar-refractivity contribution in [1.29, 1.82) is 0 Å². The van der Waals surface area contributed by atoms with Crippen molar-refractivity contribution in [3.63, 3.8) is 0 Å². The topological polar surface area (TPSA) is 55.6 Å². The predicted octanol–water partition coefficient (Wildman–Crippen LogP) is 2.15. The number of benzene rings is 1. The van der Waals surface area contributed by atoms with Crippen LogP contribution in [-0.4, -0.2) is 43.2 Å². The summed E-state index contributed by atoms with van der Waals surface area (Å²) >= 11 is 0. The van der Waals surface area contributed by atoms with Crippen LogP contribution in [0.1, 0.15) is 37.2 Å². The first-order valence-electron chi connectivity index (χ1n) is 8.42. The van der Waals surface area contributed by atoms with Crippen LogP contribution in [0.15, 0.2) is 30.3 Å². The van der Waals surface area contributed by atoms with Gasteiger partial charge in [-0.2, -0.15) is 0 Å². The van der Waals surface area contributed by atoms with Crippen molar-refractivity contribution in [2.45, 2.75) is 37.7 Å². The summed E-state index contributed by atoms with van der Waals surface area (Å²) in [4.78, 5) is 14.3. The molecule has 0 unspecified atom stereocenters. The van der Waals surface area contributed by atoms with Gasteiger partial charge in [0.05, 0.1) is 6.10 Å². The van der Waals surface area contributed by atoms with Crippen LogP contribution in [0.25, 0.3) is 0 Å². The fraction of sp³-hybridized carbons (Fsp3) is 0.611. The summed E-state index contributed by atoms with van der Waals surface area (Å²) in [6.07, 6.45) is 4.96. The molecular weight excluding hydrogens is 276 g/mol. The Bertz CT molecular complexity index is 485. The molecule has 120 valence electrons. The zero-order valence-electron chi connectivity index (χ0n) is 13.1. The Hall–Kier alpha value is -1.39. The lowest BCUT2D eigenvalue weighted by Gasteiger charge is -2.18. The summed E-state index contributed by atoms with van der Waals surface area (Å²) in [6.45, 7) is 2.36. The molecule has 4 heteroatoms. The molecule has 1 heterocycles. The third-order valence-corrected chi connectivity index (χ3v) is 5.07. The van der Waals surface area contributed by atoms with E-state index >= 15 is 0 Å². The van der Waals surface area contributed by atoms with Gasteiger partial charge in [0, 0.05) is 19.0 Å². The molecule has 4 nitrogen and oxygen atoms in total. The predicted molar refractivity (Wildman–Crippen MR) is 86.5 cm³/mol. The number of nitrogens with two attached hydrogens (primary N) is 1. The molecule has 22 heavy (non-hydrogen) atoms. The average molecular weight is 302 g/mol. The molecule has 1 aliphatic carbocycles. The van der Waals surface area contributed by atoms with E-state index in [1.807, 2.05) is 11.0 Å². The second kappa shape index (κ2) is 7.25. The first-order valence-corrected chi connectivity index (χ1v) is 8.42. The highest BCUT2D eigenvalue weighted by atomic mass is 16.5. The summed E-state index contributed by atoms with van der Waals surface area (Å²) in [5, 5.41) is 0. The largest absolute Gasteiger partial charge is 0.368 e. The second-order valence-electron chi connectivity index (χ2n) is 6.53. The van der Waals surface area contributed by atoms with Crippen molar-refractivity contribution in [2.24, 2.45) is 11.7 Å². The van der Waals surface area contributed by atoms with Crippen LogP contribution in [0.2, 0.25) is 0 Å². The van der Waals surface area contributed by atoms with Gasteiger partial charge in [0.2, 0.25) is 5.91 Å². The molecular formula is C18H26N2O2. The van der Waals surface area contributed by atoms with Crippen LogP contribution in [-0.2, 0) is 9.53 Å². The molecule has 2 atom stereocenters. The molecule has 1 aromatic carbocycles. The van der Waals surface area contributed by atoms with E-state index in [1.54, 1.807) is 0 Å². The van der Waals surface area contributed by atoms with E-state index in [4.69, 9.17) is 10.5 Å². The van der Waals surface area contributed by atoms with Gasteiger partial charge in [0.25, 0.3) is 0 Å². The molecule has 1 aliphatic heterocycles. The number of ether oxygens (including phenoxy) is 1. The van der Waals surface area contributed by atoms with Crippen LogP contribution in [0.4, 0.5) is 0 Å². The van der Waals surface area contributed by atoms with Crippen molar-refractivity contribution in [2.75, 3.05) is 26.2 Å². The average Bonchev–Trinajstić information content (AvgIpc) is 3.22. The van der Waals surface area contributed by atoms with E-state index in [1.165, 1.54) is 18.4 Å². The van der Waals surface area contributed by atoms with Crippen LogP contribution in [0.5, 0.6) is 0 Å². The molecule has 0 spiro atoms. The van der Waals surface area contributed by atoms with Crippen molar-refractivity contribution in [1.82, 2.24) is 4.90 Å². The minimum Gasteiger partial charge on any atom is -0.368 e. The number of hydrogen-bond acceptors (Lipinski definition) is 3. The number of carbonyl (C=O) groups excluding carboxylic acids is 1. The van der Waals surface area contributed by atoms with E-state index in [0.717, 1.165) is 25.9 Å². The van der Waals surface area contributed by atoms with Crippen molar-refractivity contribution < 1.29 is 9.53 Å². The maximum atomic E-state index is 12.4. The summed E-state index contributed by atoms with van der Waals surface area (Å²) in [7, 11) is 0. The molecule has 2 aliphatic rings. The monoisotopic (exact) mass is 302 g/mol. The molecule has 1 aromatic rings. The maximum Gasteiger partial charge on any atom is 0.248 e. The Balaban J connectivity index is 1.57. The third kappa shape index (κ3) is 3.50. The third-order valence-electron chi connectivity index (χ3n) is 5.07. The summed E-state index contributed by atoms with van der Waals surface area (Å²) in [6, 6.07) is 10.4. The molecule has 1 amide bonds. The summed E-state index contributed by atoms with van der Waals surface area (Å²) < 4.78 is 5.76. The van der Waals surface area contributed by atoms with Gasteiger partial charge in [-0.3, -0.25) is 4.79 Å². The van der Waals surface area contributed by atoms with Gasteiger partial charge in [-0.25, -0.2) is 0 Å². The van der Waals surface area contributed by atoms with Crippen LogP contribution in [0.3, 0.4) is 0 Å². The minimum atomic E-state index is 0.115. The van der Waals surface area contributed by atoms with Gasteiger partial charge in [-0.05, 0) is 30.9 Å². The van der Waals surface area contributed by atoms with Crippen molar-refractivity contribution in [3.05, 3.63) is 35.9 Å². The van der Waals surface area contributed by atoms with Crippen LogP contribution in [0, 0.1) is 5.92 Å². The van der Waals surface area contributed by atoms with E-state index < -0.39 is 0 Å². The van der Waals surface area contributed by atoms with Gasteiger partial charge >= 0.3 is 0 Å². The van der Waals surface area contributed by atoms with Gasteiger partial charge in [0.15, 0.2) is 0 Å². The maximum absolute atomic E-state index is 12.4. The quantitative estimate of drug-likeness (QED) is 0.906. The van der Waals surface area contributed by atoms with Crippen LogP contribution >= 0.6 is 0 Å². The number of nitrogens with zero attached hydrogens (tertiary/aromatic N) is 1. The Morgan fingerprint density at radius 2 is 1.91 bits per heavy atom. The molecule has 1 saturated heterocycles. The number of carbonyl (C=O) groups is 1. The minimum absolute atomic E-state index is 0.115. The zero-order valence-corrected chi connectivity index (χ0v) is 13.1. The smallest absolute Gasteiger partial charge is 0.248 e. The Labute approximate surface area is 132 Å².